The first-order valence-electron chi connectivity index (χ1n) is 10.8. The maximum absolute atomic E-state index is 15.0. The first-order valence-corrected chi connectivity index (χ1v) is 14.6. The molecular formula is C23H16Br2ClF10NO3S. The Hall–Kier alpha value is -1.85. The third kappa shape index (κ3) is 10.1. The molecule has 0 aliphatic carbocycles. The Labute approximate surface area is 248 Å². The molecule has 0 spiro atoms. The second-order valence-electron chi connectivity index (χ2n) is 8.63. The molecule has 1 N–H and O–H groups in total. The van der Waals surface area contributed by atoms with Crippen LogP contribution in [0.25, 0.3) is 5.83 Å². The van der Waals surface area contributed by atoms with E-state index in [4.69, 9.17) is 11.6 Å². The number of carbonyl (C=O) groups excluding carboxylic acids is 1. The van der Waals surface area contributed by atoms with Gasteiger partial charge in [0.15, 0.2) is 9.84 Å². The fourth-order valence-electron chi connectivity index (χ4n) is 3.53. The average molecular weight is 772 g/mol. The highest BCUT2D eigenvalue weighted by Crippen LogP contribution is 2.43. The molecule has 0 aliphatic rings. The lowest BCUT2D eigenvalue weighted by Crippen LogP contribution is -2.40. The zero-order valence-electron chi connectivity index (χ0n) is 20.1. The summed E-state index contributed by atoms with van der Waals surface area (Å²) in [6.07, 6.45) is -15.5. The summed E-state index contributed by atoms with van der Waals surface area (Å²) in [5, 5.41) is 1.84. The van der Waals surface area contributed by atoms with Gasteiger partial charge in [-0.05, 0) is 74.7 Å². The summed E-state index contributed by atoms with van der Waals surface area (Å²) in [6, 6.07) is 1.42. The molecule has 1 unspecified atom stereocenters. The number of amides is 1. The number of alkyl halides is 9. The molecule has 0 aromatic heterocycles. The number of carbonyl (C=O) groups is 1. The molecule has 4 nitrogen and oxygen atoms in total. The standard InChI is InChI=1S/C23H16Br2ClF10NO3S/c1-10(8-41(39,40)9-21(28,29)30)37-20(38)13-3-2-11(4-15(13)23(34,35)36)18(27)7-14(22(31,32)33)12-5-16(24)19(26)17(25)6-12/h2-7,10,14H,8-9H2,1H3,(H,37,38)/b18-7-/t10-,14?/m1/s1. The van der Waals surface area contributed by atoms with Gasteiger partial charge in [0.1, 0.15) is 17.5 Å². The summed E-state index contributed by atoms with van der Waals surface area (Å²) in [4.78, 5) is 12.5. The second-order valence-corrected chi connectivity index (χ2v) is 12.8. The normalized spacial score (nSPS) is 15.0. The third-order valence-electron chi connectivity index (χ3n) is 5.14. The van der Waals surface area contributed by atoms with Crippen LogP contribution in [0, 0.1) is 0 Å². The van der Waals surface area contributed by atoms with Crippen molar-refractivity contribution < 1.29 is 57.1 Å². The molecule has 228 valence electrons. The van der Waals surface area contributed by atoms with Gasteiger partial charge in [0.25, 0.3) is 5.91 Å². The number of allylic oxidation sites excluding steroid dienone is 1. The minimum Gasteiger partial charge on any atom is -0.349 e. The van der Waals surface area contributed by atoms with Crippen LogP contribution >= 0.6 is 43.5 Å². The summed E-state index contributed by atoms with van der Waals surface area (Å²) < 4.78 is 158. The van der Waals surface area contributed by atoms with Gasteiger partial charge >= 0.3 is 18.5 Å². The van der Waals surface area contributed by atoms with Crippen molar-refractivity contribution in [2.75, 3.05) is 11.5 Å². The van der Waals surface area contributed by atoms with Crippen LogP contribution in [-0.4, -0.2) is 44.2 Å². The zero-order valence-corrected chi connectivity index (χ0v) is 24.8. The van der Waals surface area contributed by atoms with Crippen molar-refractivity contribution in [1.29, 1.82) is 0 Å². The van der Waals surface area contributed by atoms with E-state index in [1.54, 1.807) is 0 Å². The monoisotopic (exact) mass is 769 g/mol. The number of rotatable bonds is 8. The van der Waals surface area contributed by atoms with Crippen LogP contribution in [0.4, 0.5) is 43.9 Å². The number of sulfone groups is 1. The van der Waals surface area contributed by atoms with Crippen molar-refractivity contribution in [3.05, 3.63) is 72.6 Å². The topological polar surface area (TPSA) is 63.2 Å². The van der Waals surface area contributed by atoms with E-state index >= 15 is 0 Å². The summed E-state index contributed by atoms with van der Waals surface area (Å²) >= 11 is 11.8. The lowest BCUT2D eigenvalue weighted by atomic mass is 9.95. The number of halogens is 13. The van der Waals surface area contributed by atoms with Gasteiger partial charge in [-0.25, -0.2) is 12.8 Å². The molecule has 41 heavy (non-hydrogen) atoms. The average Bonchev–Trinajstić information content (AvgIpc) is 2.76. The van der Waals surface area contributed by atoms with Gasteiger partial charge in [-0.3, -0.25) is 4.79 Å². The van der Waals surface area contributed by atoms with Crippen molar-refractivity contribution in [2.24, 2.45) is 0 Å². The van der Waals surface area contributed by atoms with Gasteiger partial charge in [0.05, 0.1) is 21.9 Å². The Morgan fingerprint density at radius 2 is 1.54 bits per heavy atom. The highest BCUT2D eigenvalue weighted by atomic mass is 79.9. The molecule has 0 fully saturated rings. The molecule has 2 rings (SSSR count). The Bertz CT molecular complexity index is 1420. The highest BCUT2D eigenvalue weighted by molar-refractivity contribution is 9.11. The molecule has 0 radical (unpaired) electrons. The van der Waals surface area contributed by atoms with E-state index in [0.29, 0.717) is 12.1 Å². The minimum atomic E-state index is -5.34. The smallest absolute Gasteiger partial charge is 0.349 e. The summed E-state index contributed by atoms with van der Waals surface area (Å²) in [7, 11) is -4.80. The van der Waals surface area contributed by atoms with E-state index in [1.165, 1.54) is 0 Å². The van der Waals surface area contributed by atoms with Crippen molar-refractivity contribution in [3.63, 3.8) is 0 Å². The van der Waals surface area contributed by atoms with Gasteiger partial charge in [0, 0.05) is 20.6 Å². The summed E-state index contributed by atoms with van der Waals surface area (Å²) in [6.45, 7) is 0.931. The van der Waals surface area contributed by atoms with E-state index in [1.807, 2.05) is 5.32 Å². The van der Waals surface area contributed by atoms with Gasteiger partial charge in [0.2, 0.25) is 0 Å². The van der Waals surface area contributed by atoms with Crippen LogP contribution in [0.15, 0.2) is 45.4 Å². The SMILES string of the molecule is C[C@H](CS(=O)(=O)CC(F)(F)F)NC(=O)c1ccc(/C(F)=C/C(c2cc(Br)c(Cl)c(Br)c2)C(F)(F)F)cc1C(F)(F)F. The number of benzene rings is 2. The molecular weight excluding hydrogens is 756 g/mol. The van der Waals surface area contributed by atoms with E-state index < -0.39 is 85.8 Å². The van der Waals surface area contributed by atoms with Crippen LogP contribution in [0.1, 0.15) is 39.9 Å². The van der Waals surface area contributed by atoms with Gasteiger partial charge < -0.3 is 5.32 Å². The van der Waals surface area contributed by atoms with Gasteiger partial charge in [-0.2, -0.15) is 39.5 Å². The number of nitrogens with one attached hydrogen (secondary N) is 1. The van der Waals surface area contributed by atoms with Crippen LogP contribution < -0.4 is 5.32 Å². The predicted octanol–water partition coefficient (Wildman–Crippen LogP) is 8.64. The molecule has 0 saturated carbocycles. The molecule has 2 aromatic rings. The van der Waals surface area contributed by atoms with E-state index in [9.17, 15) is 57.1 Å². The van der Waals surface area contributed by atoms with Crippen molar-refractivity contribution in [1.82, 2.24) is 5.32 Å². The predicted molar refractivity (Wildman–Crippen MR) is 138 cm³/mol. The van der Waals surface area contributed by atoms with Crippen molar-refractivity contribution >= 4 is 65.0 Å². The summed E-state index contributed by atoms with van der Waals surface area (Å²) in [5.74, 6) is -9.41. The van der Waals surface area contributed by atoms with E-state index in [0.717, 1.165) is 19.1 Å². The Kier molecular flexibility index (Phi) is 11.0. The van der Waals surface area contributed by atoms with Crippen molar-refractivity contribution in [3.8, 4) is 0 Å². The fraction of sp³-hybridized carbons (Fsp3) is 0.348. The first-order chi connectivity index (χ1) is 18.4. The van der Waals surface area contributed by atoms with Gasteiger partial charge in [-0.15, -0.1) is 0 Å². The lowest BCUT2D eigenvalue weighted by Gasteiger charge is -2.20. The minimum absolute atomic E-state index is 0.00933. The molecule has 0 aliphatic heterocycles. The largest absolute Gasteiger partial charge is 0.417 e. The Morgan fingerprint density at radius 3 is 2.00 bits per heavy atom. The van der Waals surface area contributed by atoms with Gasteiger partial charge in [-0.1, -0.05) is 17.7 Å². The number of hydrogen-bond acceptors (Lipinski definition) is 3. The van der Waals surface area contributed by atoms with Crippen LogP contribution in [0.3, 0.4) is 0 Å². The highest BCUT2D eigenvalue weighted by Gasteiger charge is 2.41. The molecule has 0 bridgehead atoms. The van der Waals surface area contributed by atoms with E-state index in [-0.39, 0.29) is 26.1 Å². The zero-order chi connectivity index (χ0) is 31.7. The first kappa shape index (κ1) is 35.3. The molecule has 0 heterocycles. The van der Waals surface area contributed by atoms with Crippen molar-refractivity contribution in [2.45, 2.75) is 37.4 Å². The Morgan fingerprint density at radius 1 is 1.00 bits per heavy atom. The quantitative estimate of drug-likeness (QED) is 0.216. The molecule has 1 amide bonds. The molecule has 2 atom stereocenters. The lowest BCUT2D eigenvalue weighted by molar-refractivity contribution is -0.140. The second kappa shape index (κ2) is 12.8. The maximum Gasteiger partial charge on any atom is 0.417 e. The molecule has 0 saturated heterocycles. The van der Waals surface area contributed by atoms with Crippen LogP contribution in [0.5, 0.6) is 0 Å². The third-order valence-corrected chi connectivity index (χ3v) is 9.03. The number of hydrogen-bond donors (Lipinski definition) is 1. The van der Waals surface area contributed by atoms with Crippen LogP contribution in [0.2, 0.25) is 5.02 Å². The molecule has 2 aromatic carbocycles. The molecule has 18 heteroatoms. The van der Waals surface area contributed by atoms with E-state index in [2.05, 4.69) is 31.9 Å². The fourth-order valence-corrected chi connectivity index (χ4v) is 6.33. The summed E-state index contributed by atoms with van der Waals surface area (Å²) in [5.41, 5.74) is -4.46. The maximum atomic E-state index is 15.0. The Balaban J connectivity index is 2.46. The van der Waals surface area contributed by atoms with Crippen LogP contribution in [-0.2, 0) is 16.0 Å².